The van der Waals surface area contributed by atoms with E-state index in [9.17, 15) is 29.7 Å². The minimum atomic E-state index is -0.987. The zero-order chi connectivity index (χ0) is 37.6. The zero-order valence-electron chi connectivity index (χ0n) is 28.7. The fourth-order valence-electron chi connectivity index (χ4n) is 5.91. The quantitative estimate of drug-likeness (QED) is 0.148. The second-order valence-electron chi connectivity index (χ2n) is 12.6. The Morgan fingerprint density at radius 2 is 0.667 bits per heavy atom. The molecule has 3 aromatic carbocycles. The van der Waals surface area contributed by atoms with Crippen LogP contribution in [0.3, 0.4) is 0 Å². The van der Waals surface area contributed by atoms with Gasteiger partial charge in [-0.15, -0.1) is 0 Å². The first-order valence-electron chi connectivity index (χ1n) is 16.9. The van der Waals surface area contributed by atoms with Crippen molar-refractivity contribution in [2.45, 2.75) is 19.6 Å². The highest BCUT2D eigenvalue weighted by molar-refractivity contribution is 5.87. The van der Waals surface area contributed by atoms with Gasteiger partial charge in [0.05, 0.1) is 0 Å². The van der Waals surface area contributed by atoms with Crippen LogP contribution >= 0.6 is 0 Å². The predicted molar refractivity (Wildman–Crippen MR) is 194 cm³/mol. The van der Waals surface area contributed by atoms with Gasteiger partial charge >= 0.3 is 17.9 Å². The number of nitrogens with zero attached hydrogens (tertiary/aromatic N) is 6. The summed E-state index contributed by atoms with van der Waals surface area (Å²) in [6.45, 7) is 1.43. The minimum Gasteiger partial charge on any atom is -0.477 e. The lowest BCUT2D eigenvalue weighted by Gasteiger charge is -2.09. The SMILES string of the molecule is O=C(O)c1ccc[n+](Cc2ccc(-c3nc(-c4ccc(C[n+]5cccc(C(=O)O)c5)cc4)nc(-c4ccc(C[n+]5cccc(C(=O)O)c5)cc4)n3)cc2)c1. The molecule has 0 aliphatic heterocycles. The number of carboxylic acids is 3. The number of benzene rings is 3. The van der Waals surface area contributed by atoms with Gasteiger partial charge in [-0.25, -0.2) is 29.3 Å². The monoisotopic (exact) mass is 717 g/mol. The average molecular weight is 718 g/mol. The summed E-state index contributed by atoms with van der Waals surface area (Å²) in [6.07, 6.45) is 10.2. The molecule has 0 amide bonds. The summed E-state index contributed by atoms with van der Waals surface area (Å²) in [5, 5.41) is 28.1. The highest BCUT2D eigenvalue weighted by Crippen LogP contribution is 2.26. The molecule has 0 aliphatic carbocycles. The molecule has 54 heavy (non-hydrogen) atoms. The number of aromatic carboxylic acids is 3. The topological polar surface area (TPSA) is 162 Å². The first-order chi connectivity index (χ1) is 26.2. The van der Waals surface area contributed by atoms with E-state index in [1.54, 1.807) is 55.0 Å². The molecule has 0 spiro atoms. The van der Waals surface area contributed by atoms with Crippen molar-refractivity contribution in [3.8, 4) is 34.2 Å². The smallest absolute Gasteiger partial charge is 0.341 e. The van der Waals surface area contributed by atoms with Gasteiger partial charge in [0.15, 0.2) is 74.3 Å². The molecule has 7 rings (SSSR count). The Morgan fingerprint density at radius 1 is 0.407 bits per heavy atom. The first kappa shape index (κ1) is 35.0. The Hall–Kier alpha value is -7.47. The minimum absolute atomic E-state index is 0.206. The number of hydrogen-bond donors (Lipinski definition) is 3. The molecule has 264 valence electrons. The molecule has 0 unspecified atom stereocenters. The highest BCUT2D eigenvalue weighted by atomic mass is 16.4. The van der Waals surface area contributed by atoms with Crippen LogP contribution in [0.2, 0.25) is 0 Å². The van der Waals surface area contributed by atoms with E-state index in [1.807, 2.05) is 105 Å². The molecule has 3 N–H and O–H groups in total. The number of carboxylic acid groups (broad SMARTS) is 3. The molecule has 4 aromatic heterocycles. The number of carbonyl (C=O) groups is 3. The summed E-state index contributed by atoms with van der Waals surface area (Å²) < 4.78 is 5.44. The van der Waals surface area contributed by atoms with E-state index in [0.717, 1.165) is 33.4 Å². The van der Waals surface area contributed by atoms with Gasteiger partial charge in [-0.05, 0) is 18.2 Å². The van der Waals surface area contributed by atoms with Gasteiger partial charge < -0.3 is 15.3 Å². The lowest BCUT2D eigenvalue weighted by Crippen LogP contribution is -2.34. The molecular weight excluding hydrogens is 684 g/mol. The standard InChI is InChI=1S/C42H30N6O6/c49-40(50)34-4-1-19-46(25-34)22-28-7-13-31(14-8-28)37-43-38(32-15-9-29(10-16-32)23-47-20-2-5-35(26-47)41(51)52)45-39(44-37)33-17-11-30(12-18-33)24-48-21-3-6-36(27-48)42(53)54/h1-21,25-27H,22-24H2/p+3. The van der Waals surface area contributed by atoms with Crippen LogP contribution in [-0.2, 0) is 19.6 Å². The van der Waals surface area contributed by atoms with Crippen molar-refractivity contribution >= 4 is 17.9 Å². The molecule has 0 bridgehead atoms. The van der Waals surface area contributed by atoms with Crippen LogP contribution in [0.1, 0.15) is 47.8 Å². The fourth-order valence-corrected chi connectivity index (χ4v) is 5.91. The average Bonchev–Trinajstić information content (AvgIpc) is 3.19. The van der Waals surface area contributed by atoms with E-state index < -0.39 is 17.9 Å². The largest absolute Gasteiger partial charge is 0.477 e. The molecule has 0 atom stereocenters. The molecule has 0 saturated heterocycles. The number of pyridine rings is 3. The van der Waals surface area contributed by atoms with Crippen LogP contribution in [0, 0.1) is 0 Å². The Morgan fingerprint density at radius 3 is 0.907 bits per heavy atom. The lowest BCUT2D eigenvalue weighted by atomic mass is 10.1. The predicted octanol–water partition coefficient (Wildman–Crippen LogP) is 4.97. The first-order valence-corrected chi connectivity index (χ1v) is 16.9. The second-order valence-corrected chi connectivity index (χ2v) is 12.6. The van der Waals surface area contributed by atoms with Gasteiger partial charge in [-0.2, -0.15) is 13.7 Å². The molecule has 12 heteroatoms. The summed E-state index contributed by atoms with van der Waals surface area (Å²) in [7, 11) is 0. The van der Waals surface area contributed by atoms with Gasteiger partial charge in [0.1, 0.15) is 16.7 Å². The van der Waals surface area contributed by atoms with Gasteiger partial charge in [0.2, 0.25) is 0 Å². The highest BCUT2D eigenvalue weighted by Gasteiger charge is 2.16. The lowest BCUT2D eigenvalue weighted by molar-refractivity contribution is -0.688. The van der Waals surface area contributed by atoms with Gasteiger partial charge in [-0.1, -0.05) is 72.8 Å². The third-order valence-electron chi connectivity index (χ3n) is 8.68. The fraction of sp³-hybridized carbons (Fsp3) is 0.0714. The van der Waals surface area contributed by atoms with Crippen molar-refractivity contribution in [2.75, 3.05) is 0 Å². The van der Waals surface area contributed by atoms with Crippen molar-refractivity contribution < 1.29 is 43.4 Å². The molecule has 0 fully saturated rings. The summed E-state index contributed by atoms with van der Waals surface area (Å²) in [5.74, 6) is -1.55. The van der Waals surface area contributed by atoms with E-state index in [-0.39, 0.29) is 16.7 Å². The molecule has 0 aliphatic rings. The van der Waals surface area contributed by atoms with Crippen LogP contribution in [0.5, 0.6) is 0 Å². The van der Waals surface area contributed by atoms with Crippen molar-refractivity contribution in [1.82, 2.24) is 15.0 Å². The van der Waals surface area contributed by atoms with Crippen molar-refractivity contribution in [3.05, 3.63) is 180 Å². The van der Waals surface area contributed by atoms with Gasteiger partial charge in [0.25, 0.3) is 0 Å². The number of hydrogen-bond acceptors (Lipinski definition) is 6. The van der Waals surface area contributed by atoms with Crippen LogP contribution in [0.25, 0.3) is 34.2 Å². The van der Waals surface area contributed by atoms with E-state index >= 15 is 0 Å². The second kappa shape index (κ2) is 15.4. The number of rotatable bonds is 12. The van der Waals surface area contributed by atoms with Crippen molar-refractivity contribution in [2.24, 2.45) is 0 Å². The Kier molecular flexibility index (Phi) is 9.98. The van der Waals surface area contributed by atoms with Crippen LogP contribution in [0.4, 0.5) is 0 Å². The third kappa shape index (κ3) is 8.35. The van der Waals surface area contributed by atoms with Crippen molar-refractivity contribution in [1.29, 1.82) is 0 Å². The molecule has 0 radical (unpaired) electrons. The van der Waals surface area contributed by atoms with Gasteiger partial charge in [0, 0.05) is 51.6 Å². The van der Waals surface area contributed by atoms with E-state index in [0.29, 0.717) is 37.1 Å². The van der Waals surface area contributed by atoms with E-state index in [2.05, 4.69) is 0 Å². The molecule has 12 nitrogen and oxygen atoms in total. The molecule has 4 heterocycles. The maximum absolute atomic E-state index is 11.4. The summed E-state index contributed by atoms with van der Waals surface area (Å²) in [5.41, 5.74) is 5.82. The van der Waals surface area contributed by atoms with Gasteiger partial charge in [-0.3, -0.25) is 0 Å². The zero-order valence-corrected chi connectivity index (χ0v) is 28.7. The van der Waals surface area contributed by atoms with Crippen LogP contribution < -0.4 is 13.7 Å². The van der Waals surface area contributed by atoms with Crippen LogP contribution in [0.15, 0.2) is 146 Å². The van der Waals surface area contributed by atoms with Crippen LogP contribution in [-0.4, -0.2) is 48.2 Å². The summed E-state index contributed by atoms with van der Waals surface area (Å²) in [4.78, 5) is 48.9. The Labute approximate surface area is 309 Å². The Bertz CT molecular complexity index is 2210. The molecule has 7 aromatic rings. The normalized spacial score (nSPS) is 10.9. The number of aromatic nitrogens is 6. The summed E-state index contributed by atoms with van der Waals surface area (Å²) in [6, 6.07) is 33.1. The summed E-state index contributed by atoms with van der Waals surface area (Å²) >= 11 is 0. The van der Waals surface area contributed by atoms with E-state index in [1.165, 1.54) is 0 Å². The maximum Gasteiger partial charge on any atom is 0.341 e. The molecule has 0 saturated carbocycles. The maximum atomic E-state index is 11.4. The molecular formula is C42H33N6O6+3. The Balaban J connectivity index is 1.19. The van der Waals surface area contributed by atoms with E-state index in [4.69, 9.17) is 15.0 Å². The third-order valence-corrected chi connectivity index (χ3v) is 8.68. The van der Waals surface area contributed by atoms with Crippen molar-refractivity contribution in [3.63, 3.8) is 0 Å².